The van der Waals surface area contributed by atoms with Crippen LogP contribution in [0.4, 0.5) is 0 Å². The highest BCUT2D eigenvalue weighted by Crippen LogP contribution is 2.12. The zero-order valence-electron chi connectivity index (χ0n) is 16.1. The molecule has 0 bridgehead atoms. The molecular weight excluding hydrogens is 362 g/mol. The molecule has 0 aliphatic heterocycles. The number of rotatable bonds is 10. The lowest BCUT2D eigenvalue weighted by Gasteiger charge is -2.21. The van der Waals surface area contributed by atoms with Crippen LogP contribution < -0.4 is 5.73 Å². The normalized spacial score (nSPS) is 12.9. The highest BCUT2D eigenvalue weighted by molar-refractivity contribution is 5.96. The topological polar surface area (TPSA) is 72.5 Å². The second-order valence-corrected chi connectivity index (χ2v) is 7.26. The molecule has 0 unspecified atom stereocenters. The summed E-state index contributed by atoms with van der Waals surface area (Å²) in [7, 11) is 0. The predicted molar refractivity (Wildman–Crippen MR) is 111 cm³/mol. The number of nitrogens with two attached hydrogens (primary N) is 1. The molecule has 0 amide bonds. The van der Waals surface area contributed by atoms with Gasteiger partial charge in [0.15, 0.2) is 5.78 Å². The highest BCUT2D eigenvalue weighted by Gasteiger charge is 2.16. The number of aliphatic hydroxyl groups is 1. The molecule has 0 spiro atoms. The van der Waals surface area contributed by atoms with Crippen molar-refractivity contribution in [2.45, 2.75) is 45.3 Å². The van der Waals surface area contributed by atoms with Crippen LogP contribution in [0.1, 0.15) is 46.8 Å². The maximum atomic E-state index is 12.3. The Balaban J connectivity index is 0.00000364. The van der Waals surface area contributed by atoms with Crippen LogP contribution in [-0.4, -0.2) is 29.6 Å². The van der Waals surface area contributed by atoms with Gasteiger partial charge in [-0.1, -0.05) is 54.1 Å². The molecule has 0 radical (unpaired) electrons. The van der Waals surface area contributed by atoms with E-state index in [9.17, 15) is 4.79 Å². The molecule has 0 saturated heterocycles. The van der Waals surface area contributed by atoms with Crippen LogP contribution in [0.5, 0.6) is 0 Å². The lowest BCUT2D eigenvalue weighted by molar-refractivity contribution is 0.0535. The Morgan fingerprint density at radius 3 is 2.26 bits per heavy atom. The number of carbonyl (C=O) groups excluding carboxylic acids is 1. The summed E-state index contributed by atoms with van der Waals surface area (Å²) >= 11 is 0. The fraction of sp³-hybridized carbons (Fsp3) is 0.409. The summed E-state index contributed by atoms with van der Waals surface area (Å²) in [6, 6.07) is 16.0. The molecule has 0 aromatic heterocycles. The van der Waals surface area contributed by atoms with Crippen molar-refractivity contribution in [1.29, 1.82) is 0 Å². The summed E-state index contributed by atoms with van der Waals surface area (Å²) < 4.78 is 5.53. The first kappa shape index (κ1) is 23.3. The number of benzene rings is 2. The highest BCUT2D eigenvalue weighted by atomic mass is 35.5. The quantitative estimate of drug-likeness (QED) is 0.603. The lowest BCUT2D eigenvalue weighted by atomic mass is 10.0. The fourth-order valence-electron chi connectivity index (χ4n) is 2.59. The van der Waals surface area contributed by atoms with E-state index in [0.29, 0.717) is 13.0 Å². The van der Waals surface area contributed by atoms with Gasteiger partial charge < -0.3 is 15.6 Å². The summed E-state index contributed by atoms with van der Waals surface area (Å²) in [5.74, 6) is 0.166. The van der Waals surface area contributed by atoms with E-state index in [1.54, 1.807) is 6.92 Å². The minimum atomic E-state index is -0.729. The van der Waals surface area contributed by atoms with Crippen molar-refractivity contribution in [3.63, 3.8) is 0 Å². The van der Waals surface area contributed by atoms with Crippen LogP contribution in [-0.2, 0) is 17.8 Å². The van der Waals surface area contributed by atoms with E-state index in [2.05, 4.69) is 31.2 Å². The van der Waals surface area contributed by atoms with Gasteiger partial charge in [0, 0.05) is 12.0 Å². The predicted octanol–water partition coefficient (Wildman–Crippen LogP) is 3.85. The molecule has 0 fully saturated rings. The van der Waals surface area contributed by atoms with Crippen LogP contribution in [0.25, 0.3) is 0 Å². The maximum Gasteiger partial charge on any atom is 0.162 e. The largest absolute Gasteiger partial charge is 0.394 e. The Morgan fingerprint density at radius 1 is 1.07 bits per heavy atom. The van der Waals surface area contributed by atoms with E-state index >= 15 is 0 Å². The van der Waals surface area contributed by atoms with Crippen molar-refractivity contribution in [2.24, 2.45) is 5.73 Å². The Kier molecular flexibility index (Phi) is 9.67. The third-order valence-electron chi connectivity index (χ3n) is 4.33. The number of aliphatic hydroxyl groups excluding tert-OH is 1. The Bertz CT molecular complexity index is 697. The number of halogens is 1. The Morgan fingerprint density at radius 2 is 1.67 bits per heavy atom. The van der Waals surface area contributed by atoms with Crippen molar-refractivity contribution in [3.05, 3.63) is 70.8 Å². The number of ether oxygens (including phenoxy) is 1. The monoisotopic (exact) mass is 391 g/mol. The van der Waals surface area contributed by atoms with E-state index in [-0.39, 0.29) is 31.4 Å². The smallest absolute Gasteiger partial charge is 0.162 e. The summed E-state index contributed by atoms with van der Waals surface area (Å²) in [5.41, 5.74) is 9.33. The molecule has 0 aliphatic carbocycles. The van der Waals surface area contributed by atoms with Gasteiger partial charge in [-0.25, -0.2) is 0 Å². The van der Waals surface area contributed by atoms with Gasteiger partial charge in [-0.3, -0.25) is 4.79 Å². The molecule has 0 saturated carbocycles. The molecule has 27 heavy (non-hydrogen) atoms. The van der Waals surface area contributed by atoms with Crippen LogP contribution in [0, 0.1) is 6.92 Å². The summed E-state index contributed by atoms with van der Waals surface area (Å²) in [5, 5.41) is 9.10. The van der Waals surface area contributed by atoms with Crippen molar-refractivity contribution in [2.75, 3.05) is 13.2 Å². The number of aryl methyl sites for hydroxylation is 2. The summed E-state index contributed by atoms with van der Waals surface area (Å²) in [6.07, 6.45) is 2.31. The third kappa shape index (κ3) is 8.22. The van der Waals surface area contributed by atoms with Gasteiger partial charge in [0.1, 0.15) is 0 Å². The fourth-order valence-corrected chi connectivity index (χ4v) is 2.59. The zero-order valence-corrected chi connectivity index (χ0v) is 16.9. The minimum absolute atomic E-state index is 0. The van der Waals surface area contributed by atoms with Crippen molar-refractivity contribution in [1.82, 2.24) is 0 Å². The van der Waals surface area contributed by atoms with E-state index in [1.807, 2.05) is 24.3 Å². The minimum Gasteiger partial charge on any atom is -0.394 e. The second kappa shape index (κ2) is 11.2. The number of hydrogen-bond donors (Lipinski definition) is 2. The van der Waals surface area contributed by atoms with Gasteiger partial charge in [-0.15, -0.1) is 12.4 Å². The standard InChI is InChI=1S/C22H29NO3.ClH/c1-17-6-8-18(9-7-17)4-3-5-21(25)20-12-10-19(11-13-20)14-26-16-22(2,23)15-24;/h6-13,24H,3-5,14-16,23H2,1-2H3;1H/t22-;/m0./s1. The molecule has 2 aromatic carbocycles. The Hall–Kier alpha value is -1.72. The van der Waals surface area contributed by atoms with Crippen molar-refractivity contribution in [3.8, 4) is 0 Å². The van der Waals surface area contributed by atoms with E-state index in [0.717, 1.165) is 24.0 Å². The molecule has 2 aromatic rings. The zero-order chi connectivity index (χ0) is 19.0. The number of hydrogen-bond acceptors (Lipinski definition) is 4. The van der Waals surface area contributed by atoms with Gasteiger partial charge in [-0.05, 0) is 37.8 Å². The SMILES string of the molecule is Cc1ccc(CCCC(=O)c2ccc(COC[C@@](C)(N)CO)cc2)cc1.Cl. The number of ketones is 1. The average Bonchev–Trinajstić information content (AvgIpc) is 2.64. The summed E-state index contributed by atoms with van der Waals surface area (Å²) in [4.78, 5) is 12.3. The van der Waals surface area contributed by atoms with Crippen LogP contribution in [0.2, 0.25) is 0 Å². The number of Topliss-reactive ketones (excluding diaryl/α,β-unsaturated/α-hetero) is 1. The third-order valence-corrected chi connectivity index (χ3v) is 4.33. The molecule has 2 rings (SSSR count). The molecule has 4 nitrogen and oxygen atoms in total. The maximum absolute atomic E-state index is 12.3. The van der Waals surface area contributed by atoms with Gasteiger partial charge in [0.05, 0.1) is 25.4 Å². The van der Waals surface area contributed by atoms with Crippen molar-refractivity contribution < 1.29 is 14.6 Å². The van der Waals surface area contributed by atoms with E-state index in [4.69, 9.17) is 15.6 Å². The van der Waals surface area contributed by atoms with Gasteiger partial charge in [-0.2, -0.15) is 0 Å². The first-order chi connectivity index (χ1) is 12.4. The van der Waals surface area contributed by atoms with Gasteiger partial charge in [0.25, 0.3) is 0 Å². The molecule has 0 aliphatic rings. The van der Waals surface area contributed by atoms with Gasteiger partial charge in [0.2, 0.25) is 0 Å². The number of carbonyl (C=O) groups is 1. The van der Waals surface area contributed by atoms with Crippen molar-refractivity contribution >= 4 is 18.2 Å². The molecule has 3 N–H and O–H groups in total. The van der Waals surface area contributed by atoms with E-state index in [1.165, 1.54) is 11.1 Å². The van der Waals surface area contributed by atoms with Crippen LogP contribution in [0.3, 0.4) is 0 Å². The van der Waals surface area contributed by atoms with Crippen LogP contribution in [0.15, 0.2) is 48.5 Å². The molecule has 148 valence electrons. The molecule has 5 heteroatoms. The van der Waals surface area contributed by atoms with Crippen LogP contribution >= 0.6 is 12.4 Å². The van der Waals surface area contributed by atoms with Gasteiger partial charge >= 0.3 is 0 Å². The first-order valence-electron chi connectivity index (χ1n) is 9.05. The average molecular weight is 392 g/mol. The molecule has 0 heterocycles. The lowest BCUT2D eigenvalue weighted by Crippen LogP contribution is -2.44. The second-order valence-electron chi connectivity index (χ2n) is 7.26. The Labute approximate surface area is 168 Å². The van der Waals surface area contributed by atoms with E-state index < -0.39 is 5.54 Å². The first-order valence-corrected chi connectivity index (χ1v) is 9.05. The molecule has 1 atom stereocenters. The summed E-state index contributed by atoms with van der Waals surface area (Å²) in [6.45, 7) is 4.38. The molecular formula is C22H30ClNO3.